The number of amides is 1. The molecule has 0 aliphatic carbocycles. The van der Waals surface area contributed by atoms with Crippen LogP contribution >= 0.6 is 11.3 Å². The molecule has 0 unspecified atom stereocenters. The molecular weight excluding hydrogens is 526 g/mol. The first-order valence-corrected chi connectivity index (χ1v) is 13.9. The number of fused-ring (bicyclic) bond motifs is 1. The fourth-order valence-corrected chi connectivity index (χ4v) is 5.97. The Morgan fingerprint density at radius 1 is 0.923 bits per heavy atom. The quantitative estimate of drug-likeness (QED) is 0.187. The number of rotatable bonds is 8. The average Bonchev–Trinajstić information content (AvgIpc) is 3.35. The molecule has 4 aromatic rings. The summed E-state index contributed by atoms with van der Waals surface area (Å²) in [6.45, 7) is 5.21. The van der Waals surface area contributed by atoms with Crippen LogP contribution in [0.15, 0.2) is 72.1 Å². The highest BCUT2D eigenvalue weighted by Crippen LogP contribution is 2.34. The zero-order valence-corrected chi connectivity index (χ0v) is 22.1. The summed E-state index contributed by atoms with van der Waals surface area (Å²) in [4.78, 5) is 17.6. The maximum Gasteiger partial charge on any atom is 0.416 e. The lowest BCUT2D eigenvalue weighted by Gasteiger charge is -2.35. The van der Waals surface area contributed by atoms with Crippen molar-refractivity contribution in [1.82, 2.24) is 10.2 Å². The Labute approximate surface area is 228 Å². The predicted octanol–water partition coefficient (Wildman–Crippen LogP) is 7.06. The fourth-order valence-electron chi connectivity index (χ4n) is 4.97. The molecule has 0 saturated carbocycles. The number of nitrogens with one attached hydrogen (secondary N) is 1. The van der Waals surface area contributed by atoms with Crippen molar-refractivity contribution in [3.63, 3.8) is 0 Å². The summed E-state index contributed by atoms with van der Waals surface area (Å²) >= 11 is 1.57. The van der Waals surface area contributed by atoms with Gasteiger partial charge in [-0.1, -0.05) is 30.3 Å². The first kappa shape index (κ1) is 27.1. The largest absolute Gasteiger partial charge is 0.416 e. The van der Waals surface area contributed by atoms with Gasteiger partial charge < -0.3 is 10.2 Å². The van der Waals surface area contributed by atoms with Crippen LogP contribution in [0.2, 0.25) is 0 Å². The van der Waals surface area contributed by atoms with E-state index in [0.29, 0.717) is 23.2 Å². The lowest BCUT2D eigenvalue weighted by molar-refractivity contribution is -0.137. The zero-order chi connectivity index (χ0) is 27.4. The number of hydrogen-bond acceptors (Lipinski definition) is 4. The summed E-state index contributed by atoms with van der Waals surface area (Å²) in [5.74, 6) is -0.442. The molecule has 3 aromatic carbocycles. The first-order valence-electron chi connectivity index (χ1n) is 13.0. The number of halogens is 4. The number of anilines is 1. The van der Waals surface area contributed by atoms with E-state index in [9.17, 15) is 22.4 Å². The first-order chi connectivity index (χ1) is 18.8. The second-order valence-corrected chi connectivity index (χ2v) is 10.6. The lowest BCUT2D eigenvalue weighted by Crippen LogP contribution is -2.46. The van der Waals surface area contributed by atoms with Crippen molar-refractivity contribution >= 4 is 33.0 Å². The van der Waals surface area contributed by atoms with E-state index in [-0.39, 0.29) is 11.7 Å². The summed E-state index contributed by atoms with van der Waals surface area (Å²) in [6, 6.07) is 16.8. The molecule has 0 spiro atoms. The van der Waals surface area contributed by atoms with Gasteiger partial charge in [0.2, 0.25) is 0 Å². The second-order valence-electron chi connectivity index (χ2n) is 9.67. The van der Waals surface area contributed by atoms with E-state index < -0.39 is 11.7 Å². The van der Waals surface area contributed by atoms with Crippen LogP contribution in [0.5, 0.6) is 0 Å². The van der Waals surface area contributed by atoms with Gasteiger partial charge in [-0.05, 0) is 66.9 Å². The van der Waals surface area contributed by atoms with Crippen LogP contribution in [0.25, 0.3) is 21.2 Å². The van der Waals surface area contributed by atoms with E-state index in [1.54, 1.807) is 41.7 Å². The van der Waals surface area contributed by atoms with Gasteiger partial charge in [-0.2, -0.15) is 13.2 Å². The molecule has 2 heterocycles. The maximum absolute atomic E-state index is 13.5. The number of piperazine rings is 1. The Kier molecular flexibility index (Phi) is 8.18. The predicted molar refractivity (Wildman–Crippen MR) is 149 cm³/mol. The highest BCUT2D eigenvalue weighted by atomic mass is 32.1. The Balaban J connectivity index is 1.07. The van der Waals surface area contributed by atoms with E-state index >= 15 is 0 Å². The van der Waals surface area contributed by atoms with Crippen molar-refractivity contribution in [2.75, 3.05) is 44.2 Å². The van der Waals surface area contributed by atoms with Crippen LogP contribution in [0, 0.1) is 5.82 Å². The molecule has 5 rings (SSSR count). The number of nitrogens with zero attached hydrogens (tertiary/aromatic N) is 2. The van der Waals surface area contributed by atoms with Gasteiger partial charge in [0, 0.05) is 53.8 Å². The molecule has 4 nitrogen and oxygen atoms in total. The molecule has 1 aliphatic heterocycles. The van der Waals surface area contributed by atoms with Gasteiger partial charge in [0.25, 0.3) is 5.91 Å². The molecule has 1 aromatic heterocycles. The summed E-state index contributed by atoms with van der Waals surface area (Å²) in [5, 5.41) is 6.17. The number of hydrogen-bond donors (Lipinski definition) is 1. The van der Waals surface area contributed by atoms with Crippen LogP contribution in [0.1, 0.15) is 28.8 Å². The van der Waals surface area contributed by atoms with Crippen molar-refractivity contribution < 1.29 is 22.4 Å². The third kappa shape index (κ3) is 6.42. The minimum atomic E-state index is -4.40. The molecule has 1 fully saturated rings. The van der Waals surface area contributed by atoms with Crippen molar-refractivity contribution in [3.8, 4) is 11.1 Å². The zero-order valence-electron chi connectivity index (χ0n) is 21.3. The van der Waals surface area contributed by atoms with Crippen molar-refractivity contribution in [1.29, 1.82) is 0 Å². The minimum absolute atomic E-state index is 0.208. The van der Waals surface area contributed by atoms with Gasteiger partial charge in [-0.15, -0.1) is 11.3 Å². The van der Waals surface area contributed by atoms with Gasteiger partial charge in [0.05, 0.1) is 11.3 Å². The van der Waals surface area contributed by atoms with Crippen LogP contribution in [-0.2, 0) is 6.18 Å². The van der Waals surface area contributed by atoms with E-state index in [0.717, 1.165) is 67.8 Å². The van der Waals surface area contributed by atoms with Crippen LogP contribution in [0.4, 0.5) is 23.2 Å². The minimum Gasteiger partial charge on any atom is -0.368 e. The molecule has 1 N–H and O–H groups in total. The smallest absolute Gasteiger partial charge is 0.368 e. The van der Waals surface area contributed by atoms with Crippen LogP contribution < -0.4 is 10.2 Å². The lowest BCUT2D eigenvalue weighted by atomic mass is 9.98. The molecule has 1 saturated heterocycles. The Hall–Kier alpha value is -3.43. The van der Waals surface area contributed by atoms with Gasteiger partial charge in [-0.25, -0.2) is 4.39 Å². The topological polar surface area (TPSA) is 35.6 Å². The molecule has 1 amide bonds. The van der Waals surface area contributed by atoms with Crippen molar-refractivity contribution in [3.05, 3.63) is 89.1 Å². The SMILES string of the molecule is O=C(NCCCCN1CCN(c2csc3cc(F)ccc23)CC1)c1ccccc1-c1ccc(C(F)(F)F)cc1. The monoisotopic (exact) mass is 555 g/mol. The summed E-state index contributed by atoms with van der Waals surface area (Å²) in [6.07, 6.45) is -2.62. The second kappa shape index (κ2) is 11.8. The Morgan fingerprint density at radius 2 is 1.67 bits per heavy atom. The third-order valence-electron chi connectivity index (χ3n) is 7.11. The van der Waals surface area contributed by atoms with Crippen LogP contribution in [0.3, 0.4) is 0 Å². The fraction of sp³-hybridized carbons (Fsp3) is 0.300. The summed E-state index contributed by atoms with van der Waals surface area (Å²) < 4.78 is 53.2. The van der Waals surface area contributed by atoms with E-state index in [1.807, 2.05) is 6.07 Å². The number of benzene rings is 3. The van der Waals surface area contributed by atoms with Crippen molar-refractivity contribution in [2.45, 2.75) is 19.0 Å². The Bertz CT molecular complexity index is 1430. The molecule has 204 valence electrons. The molecule has 9 heteroatoms. The third-order valence-corrected chi connectivity index (χ3v) is 8.04. The normalized spacial score (nSPS) is 14.6. The number of carbonyl (C=O) groups is 1. The summed E-state index contributed by atoms with van der Waals surface area (Å²) in [5.41, 5.74) is 2.07. The molecular formula is C30H29F4N3OS. The van der Waals surface area contributed by atoms with E-state index in [2.05, 4.69) is 20.5 Å². The number of thiophene rings is 1. The molecule has 1 aliphatic rings. The number of unbranched alkanes of at least 4 members (excludes halogenated alkanes) is 1. The Morgan fingerprint density at radius 3 is 2.41 bits per heavy atom. The average molecular weight is 556 g/mol. The van der Waals surface area contributed by atoms with Gasteiger partial charge in [0.15, 0.2) is 0 Å². The molecule has 0 radical (unpaired) electrons. The summed E-state index contributed by atoms with van der Waals surface area (Å²) in [7, 11) is 0. The number of alkyl halides is 3. The number of carbonyl (C=O) groups excluding carboxylic acids is 1. The standard InChI is InChI=1S/C30H29F4N3OS/c31-23-11-12-26-27(20-39-28(26)19-23)37-17-15-36(16-18-37)14-4-3-13-35-29(38)25-6-2-1-5-24(25)21-7-9-22(10-8-21)30(32,33)34/h1-2,5-12,19-20H,3-4,13-18H2,(H,35,38). The molecule has 0 bridgehead atoms. The maximum atomic E-state index is 13.5. The molecule has 39 heavy (non-hydrogen) atoms. The highest BCUT2D eigenvalue weighted by Gasteiger charge is 2.30. The highest BCUT2D eigenvalue weighted by molar-refractivity contribution is 7.17. The van der Waals surface area contributed by atoms with Crippen molar-refractivity contribution in [2.24, 2.45) is 0 Å². The van der Waals surface area contributed by atoms with Gasteiger partial charge in [0.1, 0.15) is 5.82 Å². The van der Waals surface area contributed by atoms with Gasteiger partial charge in [-0.3, -0.25) is 9.69 Å². The van der Waals surface area contributed by atoms with E-state index in [1.165, 1.54) is 23.9 Å². The van der Waals surface area contributed by atoms with Crippen LogP contribution in [-0.4, -0.2) is 50.1 Å². The van der Waals surface area contributed by atoms with Gasteiger partial charge >= 0.3 is 6.18 Å². The van der Waals surface area contributed by atoms with E-state index in [4.69, 9.17) is 0 Å². The molecule has 0 atom stereocenters.